The first-order valence-electron chi connectivity index (χ1n) is 6.57. The molecule has 5 N–H and O–H groups in total. The summed E-state index contributed by atoms with van der Waals surface area (Å²) >= 11 is 0. The molecule has 0 saturated carbocycles. The lowest BCUT2D eigenvalue weighted by molar-refractivity contribution is -0.119. The predicted molar refractivity (Wildman–Crippen MR) is 75.0 cm³/mol. The van der Waals surface area contributed by atoms with Crippen LogP contribution >= 0.6 is 0 Å². The van der Waals surface area contributed by atoms with Crippen LogP contribution in [0.3, 0.4) is 0 Å². The first-order valence-corrected chi connectivity index (χ1v) is 6.57. The van der Waals surface area contributed by atoms with Gasteiger partial charge in [-0.3, -0.25) is 14.5 Å². The normalized spacial score (nSPS) is 16.8. The minimum atomic E-state index is -0.483. The number of hydrogen-bond donors (Lipinski definition) is 3. The van der Waals surface area contributed by atoms with E-state index in [9.17, 15) is 9.59 Å². The molecular formula is C13H19N5O2. The van der Waals surface area contributed by atoms with Crippen LogP contribution in [-0.2, 0) is 4.79 Å². The second-order valence-corrected chi connectivity index (χ2v) is 4.96. The average Bonchev–Trinajstić information content (AvgIpc) is 2.41. The zero-order valence-electron chi connectivity index (χ0n) is 11.2. The molecule has 0 aromatic carbocycles. The average molecular weight is 277 g/mol. The van der Waals surface area contributed by atoms with E-state index in [-0.39, 0.29) is 5.91 Å². The number of primary amides is 2. The summed E-state index contributed by atoms with van der Waals surface area (Å²) in [6.07, 6.45) is 3.31. The molecule has 0 unspecified atom stereocenters. The number of aromatic nitrogens is 1. The van der Waals surface area contributed by atoms with Crippen LogP contribution in [0.25, 0.3) is 0 Å². The van der Waals surface area contributed by atoms with Crippen molar-refractivity contribution >= 4 is 17.6 Å². The van der Waals surface area contributed by atoms with E-state index in [0.717, 1.165) is 31.7 Å². The number of rotatable bonds is 5. The molecular weight excluding hydrogens is 258 g/mol. The molecule has 2 heterocycles. The minimum Gasteiger partial charge on any atom is -0.369 e. The fourth-order valence-electron chi connectivity index (χ4n) is 2.29. The van der Waals surface area contributed by atoms with Gasteiger partial charge in [-0.1, -0.05) is 0 Å². The van der Waals surface area contributed by atoms with Gasteiger partial charge < -0.3 is 16.8 Å². The van der Waals surface area contributed by atoms with Crippen molar-refractivity contribution in [2.75, 3.05) is 25.0 Å². The van der Waals surface area contributed by atoms with Crippen LogP contribution < -0.4 is 16.8 Å². The Kier molecular flexibility index (Phi) is 4.52. The fourth-order valence-corrected chi connectivity index (χ4v) is 2.29. The van der Waals surface area contributed by atoms with E-state index in [2.05, 4.69) is 10.3 Å². The summed E-state index contributed by atoms with van der Waals surface area (Å²) < 4.78 is 0. The lowest BCUT2D eigenvalue weighted by atomic mass is 10.1. The highest BCUT2D eigenvalue weighted by Crippen LogP contribution is 2.15. The number of nitrogens with two attached hydrogens (primary N) is 2. The molecule has 1 saturated heterocycles. The summed E-state index contributed by atoms with van der Waals surface area (Å²) in [6.45, 7) is 1.98. The SMILES string of the molecule is NC(=O)CN1CCC(Nc2ccc(C(N)=O)cn2)CC1. The molecule has 0 bridgehead atoms. The highest BCUT2D eigenvalue weighted by Gasteiger charge is 2.20. The monoisotopic (exact) mass is 277 g/mol. The molecule has 7 nitrogen and oxygen atoms in total. The molecule has 20 heavy (non-hydrogen) atoms. The van der Waals surface area contributed by atoms with Crippen molar-refractivity contribution in [2.45, 2.75) is 18.9 Å². The maximum atomic E-state index is 10.9. The van der Waals surface area contributed by atoms with Crippen LogP contribution in [0, 0.1) is 0 Å². The second-order valence-electron chi connectivity index (χ2n) is 4.96. The van der Waals surface area contributed by atoms with Gasteiger partial charge in [-0.2, -0.15) is 0 Å². The third-order valence-corrected chi connectivity index (χ3v) is 3.37. The van der Waals surface area contributed by atoms with Crippen molar-refractivity contribution in [1.82, 2.24) is 9.88 Å². The number of carbonyl (C=O) groups excluding carboxylic acids is 2. The number of carbonyl (C=O) groups is 2. The van der Waals surface area contributed by atoms with Crippen LogP contribution in [0.2, 0.25) is 0 Å². The Bertz CT molecular complexity index is 480. The lowest BCUT2D eigenvalue weighted by Crippen LogP contribution is -2.43. The Labute approximate surface area is 117 Å². The van der Waals surface area contributed by atoms with Gasteiger partial charge in [0.2, 0.25) is 11.8 Å². The van der Waals surface area contributed by atoms with Crippen LogP contribution in [0.4, 0.5) is 5.82 Å². The molecule has 0 atom stereocenters. The summed E-state index contributed by atoms with van der Waals surface area (Å²) in [4.78, 5) is 28.0. The quantitative estimate of drug-likeness (QED) is 0.674. The summed E-state index contributed by atoms with van der Waals surface area (Å²) in [5, 5.41) is 3.31. The number of amides is 2. The van der Waals surface area contributed by atoms with Crippen molar-refractivity contribution in [3.63, 3.8) is 0 Å². The first kappa shape index (κ1) is 14.3. The standard InChI is InChI=1S/C13H19N5O2/c14-11(19)8-18-5-3-10(4-6-18)17-12-2-1-9(7-16-12)13(15)20/h1-2,7,10H,3-6,8H2,(H2,14,19)(H2,15,20)(H,16,17). The Balaban J connectivity index is 1.83. The van der Waals surface area contributed by atoms with E-state index in [1.165, 1.54) is 6.20 Å². The molecule has 7 heteroatoms. The van der Waals surface area contributed by atoms with E-state index in [1.807, 2.05) is 4.90 Å². The smallest absolute Gasteiger partial charge is 0.250 e. The van der Waals surface area contributed by atoms with Gasteiger partial charge in [-0.25, -0.2) is 4.98 Å². The van der Waals surface area contributed by atoms with Crippen molar-refractivity contribution in [2.24, 2.45) is 11.5 Å². The van der Waals surface area contributed by atoms with Crippen LogP contribution in [0.15, 0.2) is 18.3 Å². The number of anilines is 1. The van der Waals surface area contributed by atoms with Gasteiger partial charge in [-0.05, 0) is 25.0 Å². The van der Waals surface area contributed by atoms with Crippen LogP contribution in [-0.4, -0.2) is 47.4 Å². The number of nitrogens with zero attached hydrogens (tertiary/aromatic N) is 2. The van der Waals surface area contributed by atoms with Gasteiger partial charge in [0.15, 0.2) is 0 Å². The predicted octanol–water partition coefficient (Wildman–Crippen LogP) is -0.458. The first-order chi connectivity index (χ1) is 9.54. The maximum Gasteiger partial charge on any atom is 0.250 e. The third-order valence-electron chi connectivity index (χ3n) is 3.37. The van der Waals surface area contributed by atoms with E-state index in [0.29, 0.717) is 18.2 Å². The second kappa shape index (κ2) is 6.33. The van der Waals surface area contributed by atoms with Gasteiger partial charge in [0.1, 0.15) is 5.82 Å². The molecule has 108 valence electrons. The van der Waals surface area contributed by atoms with Gasteiger partial charge >= 0.3 is 0 Å². The molecule has 2 rings (SSSR count). The number of pyridine rings is 1. The van der Waals surface area contributed by atoms with E-state index >= 15 is 0 Å². The molecule has 1 aromatic rings. The summed E-state index contributed by atoms with van der Waals surface area (Å²) in [5.41, 5.74) is 10.7. The third kappa shape index (κ3) is 3.92. The van der Waals surface area contributed by atoms with E-state index in [4.69, 9.17) is 11.5 Å². The highest BCUT2D eigenvalue weighted by atomic mass is 16.1. The number of nitrogens with one attached hydrogen (secondary N) is 1. The Morgan fingerprint density at radius 1 is 1.30 bits per heavy atom. The van der Waals surface area contributed by atoms with Crippen molar-refractivity contribution in [3.8, 4) is 0 Å². The van der Waals surface area contributed by atoms with Gasteiger partial charge in [0.05, 0.1) is 12.1 Å². The van der Waals surface area contributed by atoms with Crippen molar-refractivity contribution in [3.05, 3.63) is 23.9 Å². The summed E-state index contributed by atoms with van der Waals surface area (Å²) in [7, 11) is 0. The van der Waals surface area contributed by atoms with Crippen molar-refractivity contribution < 1.29 is 9.59 Å². The molecule has 1 aromatic heterocycles. The highest BCUT2D eigenvalue weighted by molar-refractivity contribution is 5.92. The fraction of sp³-hybridized carbons (Fsp3) is 0.462. The number of hydrogen-bond acceptors (Lipinski definition) is 5. The van der Waals surface area contributed by atoms with Crippen LogP contribution in [0.1, 0.15) is 23.2 Å². The van der Waals surface area contributed by atoms with Crippen LogP contribution in [0.5, 0.6) is 0 Å². The molecule has 1 aliphatic heterocycles. The summed E-state index contributed by atoms with van der Waals surface area (Å²) in [6, 6.07) is 3.71. The maximum absolute atomic E-state index is 10.9. The largest absolute Gasteiger partial charge is 0.369 e. The zero-order valence-corrected chi connectivity index (χ0v) is 11.2. The molecule has 0 radical (unpaired) electrons. The topological polar surface area (TPSA) is 114 Å². The molecule has 2 amide bonds. The zero-order chi connectivity index (χ0) is 14.5. The Hall–Kier alpha value is -2.15. The lowest BCUT2D eigenvalue weighted by Gasteiger charge is -2.31. The number of piperidine rings is 1. The van der Waals surface area contributed by atoms with E-state index in [1.54, 1.807) is 12.1 Å². The van der Waals surface area contributed by atoms with E-state index < -0.39 is 5.91 Å². The van der Waals surface area contributed by atoms with Crippen molar-refractivity contribution in [1.29, 1.82) is 0 Å². The molecule has 1 fully saturated rings. The Morgan fingerprint density at radius 2 is 2.00 bits per heavy atom. The molecule has 0 aliphatic carbocycles. The Morgan fingerprint density at radius 3 is 2.50 bits per heavy atom. The van der Waals surface area contributed by atoms with Gasteiger partial charge in [0.25, 0.3) is 0 Å². The molecule has 1 aliphatic rings. The van der Waals surface area contributed by atoms with Gasteiger partial charge in [0, 0.05) is 25.3 Å². The number of likely N-dealkylation sites (tertiary alicyclic amines) is 1. The van der Waals surface area contributed by atoms with Gasteiger partial charge in [-0.15, -0.1) is 0 Å². The minimum absolute atomic E-state index is 0.292. The molecule has 0 spiro atoms. The summed E-state index contributed by atoms with van der Waals surface area (Å²) in [5.74, 6) is -0.0488.